The number of aromatic nitrogens is 1. The predicted octanol–water partition coefficient (Wildman–Crippen LogP) is 3.17. The minimum absolute atomic E-state index is 0.0551. The Kier molecular flexibility index (Phi) is 3.36. The number of nitrogens with two attached hydrogens (primary N) is 1. The van der Waals surface area contributed by atoms with E-state index in [1.165, 1.54) is 0 Å². The summed E-state index contributed by atoms with van der Waals surface area (Å²) in [6.07, 6.45) is 1.90. The number of benzene rings is 2. The van der Waals surface area contributed by atoms with E-state index in [4.69, 9.17) is 5.73 Å². The van der Waals surface area contributed by atoms with Crippen molar-refractivity contribution in [2.75, 3.05) is 11.1 Å². The summed E-state index contributed by atoms with van der Waals surface area (Å²) in [5, 5.41) is 3.99. The Bertz CT molecular complexity index is 805. The standard InChI is InChI=1S/C17H17N3O/c1-12-3-2-4-15(9-12)19-17(21)11-20-8-7-13-5-6-14(18)10-16(13)20/h2-10H,11,18H2,1H3,(H,19,21). The van der Waals surface area contributed by atoms with E-state index in [2.05, 4.69) is 5.32 Å². The molecule has 0 spiro atoms. The van der Waals surface area contributed by atoms with E-state index in [9.17, 15) is 4.79 Å². The molecule has 0 aliphatic rings. The fraction of sp³-hybridized carbons (Fsp3) is 0.118. The van der Waals surface area contributed by atoms with Gasteiger partial charge >= 0.3 is 0 Å². The van der Waals surface area contributed by atoms with Crippen LogP contribution in [0.5, 0.6) is 0 Å². The van der Waals surface area contributed by atoms with E-state index in [0.717, 1.165) is 22.2 Å². The van der Waals surface area contributed by atoms with Gasteiger partial charge in [-0.25, -0.2) is 0 Å². The summed E-state index contributed by atoms with van der Waals surface area (Å²) in [4.78, 5) is 12.2. The van der Waals surface area contributed by atoms with Crippen molar-refractivity contribution in [1.82, 2.24) is 4.57 Å². The molecule has 0 radical (unpaired) electrons. The Morgan fingerprint density at radius 1 is 1.19 bits per heavy atom. The van der Waals surface area contributed by atoms with E-state index in [1.54, 1.807) is 0 Å². The molecule has 1 aromatic heterocycles. The van der Waals surface area contributed by atoms with Gasteiger partial charge in [0.1, 0.15) is 6.54 Å². The lowest BCUT2D eigenvalue weighted by Gasteiger charge is -2.08. The molecule has 4 nitrogen and oxygen atoms in total. The number of anilines is 2. The first-order valence-electron chi connectivity index (χ1n) is 6.83. The molecule has 0 unspecified atom stereocenters. The maximum Gasteiger partial charge on any atom is 0.244 e. The summed E-state index contributed by atoms with van der Waals surface area (Å²) in [6, 6.07) is 15.4. The third kappa shape index (κ3) is 2.89. The zero-order valence-corrected chi connectivity index (χ0v) is 11.8. The van der Waals surface area contributed by atoms with Gasteiger partial charge in [-0.3, -0.25) is 4.79 Å². The number of amides is 1. The van der Waals surface area contributed by atoms with Crippen LogP contribution in [-0.2, 0) is 11.3 Å². The molecule has 1 amide bonds. The van der Waals surface area contributed by atoms with Gasteiger partial charge in [-0.15, -0.1) is 0 Å². The first-order chi connectivity index (χ1) is 10.1. The summed E-state index contributed by atoms with van der Waals surface area (Å²) >= 11 is 0. The maximum atomic E-state index is 12.2. The summed E-state index contributed by atoms with van der Waals surface area (Å²) in [5.74, 6) is -0.0551. The maximum absolute atomic E-state index is 12.2. The fourth-order valence-corrected chi connectivity index (χ4v) is 2.42. The quantitative estimate of drug-likeness (QED) is 0.723. The molecular weight excluding hydrogens is 262 g/mol. The molecule has 0 saturated carbocycles. The number of hydrogen-bond donors (Lipinski definition) is 2. The highest BCUT2D eigenvalue weighted by Crippen LogP contribution is 2.19. The van der Waals surface area contributed by atoms with E-state index in [0.29, 0.717) is 5.69 Å². The number of nitrogen functional groups attached to an aromatic ring is 1. The van der Waals surface area contributed by atoms with Gasteiger partial charge in [0.25, 0.3) is 0 Å². The molecule has 3 aromatic rings. The van der Waals surface area contributed by atoms with Crippen LogP contribution < -0.4 is 11.1 Å². The Labute approximate surface area is 123 Å². The highest BCUT2D eigenvalue weighted by molar-refractivity contribution is 5.92. The van der Waals surface area contributed by atoms with Crippen LogP contribution in [0.1, 0.15) is 5.56 Å². The monoisotopic (exact) mass is 279 g/mol. The number of aryl methyl sites for hydroxylation is 1. The van der Waals surface area contributed by atoms with Crippen LogP contribution in [0.4, 0.5) is 11.4 Å². The van der Waals surface area contributed by atoms with Gasteiger partial charge in [-0.05, 0) is 48.2 Å². The number of fused-ring (bicyclic) bond motifs is 1. The van der Waals surface area contributed by atoms with Crippen molar-refractivity contribution < 1.29 is 4.79 Å². The Balaban J connectivity index is 1.79. The summed E-state index contributed by atoms with van der Waals surface area (Å²) in [7, 11) is 0. The minimum atomic E-state index is -0.0551. The molecular formula is C17H17N3O. The van der Waals surface area contributed by atoms with Crippen molar-refractivity contribution in [1.29, 1.82) is 0 Å². The Morgan fingerprint density at radius 2 is 2.05 bits per heavy atom. The average molecular weight is 279 g/mol. The van der Waals surface area contributed by atoms with Gasteiger partial charge in [0.05, 0.1) is 5.52 Å². The number of nitrogens with zero attached hydrogens (tertiary/aromatic N) is 1. The summed E-state index contributed by atoms with van der Waals surface area (Å²) in [5.41, 5.74) is 9.41. The van der Waals surface area contributed by atoms with Crippen molar-refractivity contribution in [3.8, 4) is 0 Å². The van der Waals surface area contributed by atoms with Crippen LogP contribution in [0.15, 0.2) is 54.7 Å². The Morgan fingerprint density at radius 3 is 2.86 bits per heavy atom. The second-order valence-corrected chi connectivity index (χ2v) is 5.18. The van der Waals surface area contributed by atoms with Crippen LogP contribution in [0, 0.1) is 6.92 Å². The average Bonchev–Trinajstić information content (AvgIpc) is 2.81. The molecule has 0 bridgehead atoms. The lowest BCUT2D eigenvalue weighted by Crippen LogP contribution is -2.18. The van der Waals surface area contributed by atoms with Crippen LogP contribution in [0.2, 0.25) is 0 Å². The zero-order chi connectivity index (χ0) is 14.8. The summed E-state index contributed by atoms with van der Waals surface area (Å²) < 4.78 is 1.90. The third-order valence-corrected chi connectivity index (χ3v) is 3.41. The molecule has 3 rings (SSSR count). The molecule has 106 valence electrons. The molecule has 0 saturated heterocycles. The van der Waals surface area contributed by atoms with E-state index >= 15 is 0 Å². The van der Waals surface area contributed by atoms with Gasteiger partial charge in [-0.2, -0.15) is 0 Å². The minimum Gasteiger partial charge on any atom is -0.399 e. The SMILES string of the molecule is Cc1cccc(NC(=O)Cn2ccc3ccc(N)cc32)c1. The number of hydrogen-bond acceptors (Lipinski definition) is 2. The van der Waals surface area contributed by atoms with Crippen molar-refractivity contribution in [3.05, 3.63) is 60.3 Å². The van der Waals surface area contributed by atoms with Crippen LogP contribution in [0.3, 0.4) is 0 Å². The highest BCUT2D eigenvalue weighted by atomic mass is 16.1. The molecule has 2 aromatic carbocycles. The van der Waals surface area contributed by atoms with Crippen LogP contribution >= 0.6 is 0 Å². The molecule has 0 aliphatic heterocycles. The second kappa shape index (κ2) is 5.32. The second-order valence-electron chi connectivity index (χ2n) is 5.18. The van der Waals surface area contributed by atoms with Crippen LogP contribution in [0.25, 0.3) is 10.9 Å². The van der Waals surface area contributed by atoms with E-state index < -0.39 is 0 Å². The lowest BCUT2D eigenvalue weighted by atomic mass is 10.2. The molecule has 0 atom stereocenters. The van der Waals surface area contributed by atoms with E-state index in [1.807, 2.05) is 66.2 Å². The highest BCUT2D eigenvalue weighted by Gasteiger charge is 2.07. The molecule has 0 fully saturated rings. The Hall–Kier alpha value is -2.75. The van der Waals surface area contributed by atoms with Gasteiger partial charge in [0, 0.05) is 17.6 Å². The largest absolute Gasteiger partial charge is 0.399 e. The topological polar surface area (TPSA) is 60.0 Å². The van der Waals surface area contributed by atoms with Gasteiger partial charge in [0.2, 0.25) is 5.91 Å². The number of carbonyl (C=O) groups excluding carboxylic acids is 1. The van der Waals surface area contributed by atoms with Crippen molar-refractivity contribution in [3.63, 3.8) is 0 Å². The fourth-order valence-electron chi connectivity index (χ4n) is 2.42. The third-order valence-electron chi connectivity index (χ3n) is 3.41. The van der Waals surface area contributed by atoms with Crippen LogP contribution in [-0.4, -0.2) is 10.5 Å². The van der Waals surface area contributed by atoms with Crippen molar-refractivity contribution in [2.45, 2.75) is 13.5 Å². The zero-order valence-electron chi connectivity index (χ0n) is 11.8. The van der Waals surface area contributed by atoms with E-state index in [-0.39, 0.29) is 12.5 Å². The summed E-state index contributed by atoms with van der Waals surface area (Å²) in [6.45, 7) is 2.26. The number of rotatable bonds is 3. The molecule has 21 heavy (non-hydrogen) atoms. The molecule has 3 N–H and O–H groups in total. The molecule has 4 heteroatoms. The number of carbonyl (C=O) groups is 1. The first-order valence-corrected chi connectivity index (χ1v) is 6.83. The normalized spacial score (nSPS) is 10.7. The van der Waals surface area contributed by atoms with Gasteiger partial charge < -0.3 is 15.6 Å². The molecule has 1 heterocycles. The van der Waals surface area contributed by atoms with Gasteiger partial charge in [0.15, 0.2) is 0 Å². The predicted molar refractivity (Wildman–Crippen MR) is 86.2 cm³/mol. The van der Waals surface area contributed by atoms with Gasteiger partial charge in [-0.1, -0.05) is 18.2 Å². The first kappa shape index (κ1) is 13.2. The van der Waals surface area contributed by atoms with Crippen molar-refractivity contribution in [2.24, 2.45) is 0 Å². The van der Waals surface area contributed by atoms with Crippen molar-refractivity contribution >= 4 is 28.2 Å². The molecule has 0 aliphatic carbocycles. The smallest absolute Gasteiger partial charge is 0.244 e. The number of nitrogens with one attached hydrogen (secondary N) is 1. The lowest BCUT2D eigenvalue weighted by molar-refractivity contribution is -0.116.